The van der Waals surface area contributed by atoms with E-state index in [0.717, 1.165) is 54.4 Å². The highest BCUT2D eigenvalue weighted by molar-refractivity contribution is 5.90. The van der Waals surface area contributed by atoms with E-state index in [1.807, 2.05) is 33.0 Å². The molecular weight excluding hydrogens is 368 g/mol. The standard InChI is InChI=1S/C21H30N6O2/c1-6-29-18-9-16(10-22-12-18)11-23-17-7-8-27(13-17)20-14(2)15(3)24-19(25-20)21(28)26(4)5/h9-10,12,17,23H,6-8,11,13H2,1-5H3/t17-/m1/s1. The van der Waals surface area contributed by atoms with Gasteiger partial charge in [0.1, 0.15) is 11.6 Å². The molecule has 1 saturated heterocycles. The molecule has 29 heavy (non-hydrogen) atoms. The SMILES string of the molecule is CCOc1cncc(CN[C@@H]2CCN(c3nc(C(=O)N(C)C)nc(C)c3C)C2)c1. The summed E-state index contributed by atoms with van der Waals surface area (Å²) >= 11 is 0. The molecule has 0 bridgehead atoms. The number of nitrogens with zero attached hydrogens (tertiary/aromatic N) is 5. The molecule has 3 heterocycles. The van der Waals surface area contributed by atoms with Gasteiger partial charge in [-0.25, -0.2) is 9.97 Å². The average molecular weight is 399 g/mol. The third-order valence-corrected chi connectivity index (χ3v) is 5.12. The molecule has 2 aromatic rings. The zero-order valence-electron chi connectivity index (χ0n) is 17.9. The molecule has 1 N–H and O–H groups in total. The summed E-state index contributed by atoms with van der Waals surface area (Å²) in [6.07, 6.45) is 4.61. The number of carbonyl (C=O) groups is 1. The van der Waals surface area contributed by atoms with E-state index in [4.69, 9.17) is 4.74 Å². The van der Waals surface area contributed by atoms with Crippen molar-refractivity contribution in [1.82, 2.24) is 25.2 Å². The fourth-order valence-corrected chi connectivity index (χ4v) is 3.40. The number of hydrogen-bond donors (Lipinski definition) is 1. The van der Waals surface area contributed by atoms with Crippen molar-refractivity contribution in [2.45, 2.75) is 39.8 Å². The molecule has 156 valence electrons. The lowest BCUT2D eigenvalue weighted by molar-refractivity contribution is 0.0815. The highest BCUT2D eigenvalue weighted by Gasteiger charge is 2.26. The second-order valence-electron chi connectivity index (χ2n) is 7.56. The third-order valence-electron chi connectivity index (χ3n) is 5.12. The van der Waals surface area contributed by atoms with Crippen LogP contribution in [0.2, 0.25) is 0 Å². The second kappa shape index (κ2) is 9.17. The normalized spacial score (nSPS) is 16.2. The van der Waals surface area contributed by atoms with E-state index >= 15 is 0 Å². The van der Waals surface area contributed by atoms with Gasteiger partial charge in [-0.3, -0.25) is 9.78 Å². The minimum Gasteiger partial charge on any atom is -0.492 e. The molecule has 3 rings (SSSR count). The van der Waals surface area contributed by atoms with Crippen molar-refractivity contribution in [3.63, 3.8) is 0 Å². The first-order chi connectivity index (χ1) is 13.9. The van der Waals surface area contributed by atoms with Crippen LogP contribution in [-0.4, -0.2) is 65.6 Å². The largest absolute Gasteiger partial charge is 0.492 e. The Morgan fingerprint density at radius 2 is 2.10 bits per heavy atom. The Bertz CT molecular complexity index is 870. The molecule has 1 aliphatic heterocycles. The van der Waals surface area contributed by atoms with E-state index in [1.54, 1.807) is 20.3 Å². The van der Waals surface area contributed by atoms with Crippen molar-refractivity contribution in [3.05, 3.63) is 41.1 Å². The smallest absolute Gasteiger partial charge is 0.291 e. The fraction of sp³-hybridized carbons (Fsp3) is 0.524. The van der Waals surface area contributed by atoms with Gasteiger partial charge in [-0.1, -0.05) is 0 Å². The van der Waals surface area contributed by atoms with Crippen LogP contribution < -0.4 is 15.0 Å². The number of amides is 1. The van der Waals surface area contributed by atoms with Crippen LogP contribution in [0.3, 0.4) is 0 Å². The summed E-state index contributed by atoms with van der Waals surface area (Å²) in [5.74, 6) is 1.73. The van der Waals surface area contributed by atoms with Gasteiger partial charge in [0.05, 0.1) is 12.8 Å². The van der Waals surface area contributed by atoms with Crippen molar-refractivity contribution in [2.24, 2.45) is 0 Å². The number of nitrogens with one attached hydrogen (secondary N) is 1. The Morgan fingerprint density at radius 3 is 2.83 bits per heavy atom. The van der Waals surface area contributed by atoms with Gasteiger partial charge in [0.2, 0.25) is 5.82 Å². The van der Waals surface area contributed by atoms with Crippen LogP contribution in [0.25, 0.3) is 0 Å². The number of ether oxygens (including phenoxy) is 1. The molecule has 0 aromatic carbocycles. The molecule has 1 atom stereocenters. The van der Waals surface area contributed by atoms with Crippen molar-refractivity contribution in [1.29, 1.82) is 0 Å². The van der Waals surface area contributed by atoms with Crippen LogP contribution in [0.5, 0.6) is 5.75 Å². The number of aromatic nitrogens is 3. The van der Waals surface area contributed by atoms with Gasteiger partial charge >= 0.3 is 0 Å². The molecule has 0 unspecified atom stereocenters. The maximum atomic E-state index is 12.3. The lowest BCUT2D eigenvalue weighted by atomic mass is 10.2. The zero-order chi connectivity index (χ0) is 21.0. The van der Waals surface area contributed by atoms with Crippen molar-refractivity contribution < 1.29 is 9.53 Å². The quantitative estimate of drug-likeness (QED) is 0.763. The molecule has 2 aromatic heterocycles. The van der Waals surface area contributed by atoms with Crippen molar-refractivity contribution >= 4 is 11.7 Å². The summed E-state index contributed by atoms with van der Waals surface area (Å²) in [5, 5.41) is 3.60. The molecule has 0 radical (unpaired) electrons. The molecule has 8 heteroatoms. The van der Waals surface area contributed by atoms with Gasteiger partial charge in [0, 0.05) is 57.2 Å². The summed E-state index contributed by atoms with van der Waals surface area (Å²) < 4.78 is 5.52. The van der Waals surface area contributed by atoms with Crippen molar-refractivity contribution in [2.75, 3.05) is 38.7 Å². The number of anilines is 1. The molecule has 0 spiro atoms. The number of aryl methyl sites for hydroxylation is 1. The van der Waals surface area contributed by atoms with Gasteiger partial charge in [-0.15, -0.1) is 0 Å². The Balaban J connectivity index is 1.66. The summed E-state index contributed by atoms with van der Waals surface area (Å²) in [4.78, 5) is 29.3. The fourth-order valence-electron chi connectivity index (χ4n) is 3.40. The number of hydrogen-bond acceptors (Lipinski definition) is 7. The lowest BCUT2D eigenvalue weighted by Crippen LogP contribution is -2.33. The van der Waals surface area contributed by atoms with E-state index in [9.17, 15) is 4.79 Å². The molecule has 0 saturated carbocycles. The first-order valence-electron chi connectivity index (χ1n) is 10.0. The van der Waals surface area contributed by atoms with E-state index in [2.05, 4.69) is 25.2 Å². The number of carbonyl (C=O) groups excluding carboxylic acids is 1. The summed E-state index contributed by atoms with van der Waals surface area (Å²) in [5.41, 5.74) is 2.97. The Kier molecular flexibility index (Phi) is 6.64. The Labute approximate surface area is 172 Å². The second-order valence-corrected chi connectivity index (χ2v) is 7.56. The van der Waals surface area contributed by atoms with Gasteiger partial charge in [0.25, 0.3) is 5.91 Å². The predicted molar refractivity (Wildman–Crippen MR) is 112 cm³/mol. The molecule has 1 fully saturated rings. The van der Waals surface area contributed by atoms with Crippen LogP contribution in [0.4, 0.5) is 5.82 Å². The van der Waals surface area contributed by atoms with Gasteiger partial charge in [0.15, 0.2) is 0 Å². The monoisotopic (exact) mass is 398 g/mol. The van der Waals surface area contributed by atoms with Crippen LogP contribution >= 0.6 is 0 Å². The molecule has 1 amide bonds. The Hall–Kier alpha value is -2.74. The first kappa shape index (κ1) is 21.0. The molecule has 8 nitrogen and oxygen atoms in total. The van der Waals surface area contributed by atoms with Crippen LogP contribution in [-0.2, 0) is 6.54 Å². The number of rotatable bonds is 7. The predicted octanol–water partition coefficient (Wildman–Crippen LogP) is 1.96. The average Bonchev–Trinajstić information content (AvgIpc) is 3.17. The summed E-state index contributed by atoms with van der Waals surface area (Å²) in [6, 6.07) is 2.36. The number of pyridine rings is 1. The van der Waals surface area contributed by atoms with E-state index in [1.165, 1.54) is 4.90 Å². The van der Waals surface area contributed by atoms with Crippen molar-refractivity contribution in [3.8, 4) is 5.75 Å². The molecule has 1 aliphatic rings. The van der Waals surface area contributed by atoms with Crippen LogP contribution in [0.1, 0.15) is 40.8 Å². The maximum Gasteiger partial charge on any atom is 0.291 e. The van der Waals surface area contributed by atoms with E-state index in [0.29, 0.717) is 12.6 Å². The van der Waals surface area contributed by atoms with Gasteiger partial charge < -0.3 is 19.9 Å². The topological polar surface area (TPSA) is 83.5 Å². The highest BCUT2D eigenvalue weighted by Crippen LogP contribution is 2.24. The molecule has 0 aliphatic carbocycles. The van der Waals surface area contributed by atoms with E-state index < -0.39 is 0 Å². The third kappa shape index (κ3) is 5.00. The molecular formula is C21H30N6O2. The first-order valence-corrected chi connectivity index (χ1v) is 10.0. The summed E-state index contributed by atoms with van der Waals surface area (Å²) in [6.45, 7) is 9.00. The highest BCUT2D eigenvalue weighted by atomic mass is 16.5. The minimum absolute atomic E-state index is 0.176. The van der Waals surface area contributed by atoms with Gasteiger partial charge in [-0.05, 0) is 38.8 Å². The maximum absolute atomic E-state index is 12.3. The van der Waals surface area contributed by atoms with Crippen LogP contribution in [0, 0.1) is 13.8 Å². The zero-order valence-corrected chi connectivity index (χ0v) is 17.9. The Morgan fingerprint density at radius 1 is 1.31 bits per heavy atom. The minimum atomic E-state index is -0.176. The van der Waals surface area contributed by atoms with Gasteiger partial charge in [-0.2, -0.15) is 0 Å². The van der Waals surface area contributed by atoms with Crippen LogP contribution in [0.15, 0.2) is 18.5 Å². The van der Waals surface area contributed by atoms with E-state index in [-0.39, 0.29) is 11.7 Å². The summed E-state index contributed by atoms with van der Waals surface area (Å²) in [7, 11) is 3.43. The lowest BCUT2D eigenvalue weighted by Gasteiger charge is -2.22.